The zero-order valence-electron chi connectivity index (χ0n) is 17.0. The fourth-order valence-corrected chi connectivity index (χ4v) is 4.12. The molecule has 1 aromatic carbocycles. The Hall–Kier alpha value is -0.280. The summed E-state index contributed by atoms with van der Waals surface area (Å²) in [6.07, 6.45) is 5.30. The fourth-order valence-electron chi connectivity index (χ4n) is 4.12. The molecule has 1 heterocycles. The monoisotopic (exact) mass is 388 g/mol. The topological polar surface area (TPSA) is 15.3 Å². The third kappa shape index (κ3) is 5.60. The van der Waals surface area contributed by atoms with E-state index in [1.807, 2.05) is 0 Å². The predicted molar refractivity (Wildman–Crippen MR) is 116 cm³/mol. The Balaban J connectivity index is 0.00000288. The number of halogens is 2. The van der Waals surface area contributed by atoms with E-state index in [0.717, 1.165) is 13.1 Å². The van der Waals surface area contributed by atoms with Gasteiger partial charge in [-0.05, 0) is 74.4 Å². The Morgan fingerprint density at radius 1 is 0.800 bits per heavy atom. The first-order chi connectivity index (χ1) is 11.0. The van der Waals surface area contributed by atoms with Gasteiger partial charge in [-0.2, -0.15) is 0 Å². The number of rotatable bonds is 6. The van der Waals surface area contributed by atoms with Crippen LogP contribution >= 0.6 is 24.8 Å². The molecule has 0 spiro atoms. The number of nitrogens with zero attached hydrogens (tertiary/aromatic N) is 1. The van der Waals surface area contributed by atoms with Crippen LogP contribution in [0.2, 0.25) is 0 Å². The molecule has 0 radical (unpaired) electrons. The molecule has 4 heteroatoms. The summed E-state index contributed by atoms with van der Waals surface area (Å²) in [6, 6.07) is 0.599. The third-order valence-corrected chi connectivity index (χ3v) is 6.06. The van der Waals surface area contributed by atoms with E-state index in [-0.39, 0.29) is 24.8 Å². The molecule has 1 saturated heterocycles. The molecule has 0 aliphatic carbocycles. The summed E-state index contributed by atoms with van der Waals surface area (Å²) in [6.45, 7) is 18.5. The molecule has 0 aromatic heterocycles. The van der Waals surface area contributed by atoms with Crippen molar-refractivity contribution in [3.8, 4) is 0 Å². The molecule has 25 heavy (non-hydrogen) atoms. The van der Waals surface area contributed by atoms with Crippen LogP contribution in [0.5, 0.6) is 0 Å². The first kappa shape index (κ1) is 24.7. The molecule has 1 aliphatic rings. The van der Waals surface area contributed by atoms with Crippen molar-refractivity contribution >= 4 is 24.8 Å². The second kappa shape index (κ2) is 11.4. The maximum absolute atomic E-state index is 3.51. The van der Waals surface area contributed by atoms with Gasteiger partial charge in [0.2, 0.25) is 0 Å². The molecule has 0 saturated carbocycles. The van der Waals surface area contributed by atoms with Gasteiger partial charge in [-0.1, -0.05) is 26.2 Å². The average molecular weight is 389 g/mol. The summed E-state index contributed by atoms with van der Waals surface area (Å²) in [5.41, 5.74) is 9.17. The zero-order chi connectivity index (χ0) is 17.0. The molecule has 1 fully saturated rings. The van der Waals surface area contributed by atoms with Crippen molar-refractivity contribution in [1.29, 1.82) is 0 Å². The van der Waals surface area contributed by atoms with Gasteiger partial charge >= 0.3 is 0 Å². The lowest BCUT2D eigenvalue weighted by Crippen LogP contribution is -2.45. The summed E-state index contributed by atoms with van der Waals surface area (Å²) >= 11 is 0. The van der Waals surface area contributed by atoms with Gasteiger partial charge in [0, 0.05) is 32.2 Å². The number of benzene rings is 1. The summed E-state index contributed by atoms with van der Waals surface area (Å²) in [4.78, 5) is 2.73. The molecule has 2 rings (SSSR count). The Morgan fingerprint density at radius 3 is 1.76 bits per heavy atom. The van der Waals surface area contributed by atoms with Crippen molar-refractivity contribution in [2.75, 3.05) is 26.2 Å². The van der Waals surface area contributed by atoms with Crippen molar-refractivity contribution in [3.05, 3.63) is 33.4 Å². The van der Waals surface area contributed by atoms with Crippen LogP contribution in [0.4, 0.5) is 0 Å². The van der Waals surface area contributed by atoms with Crippen LogP contribution in [0, 0.1) is 34.6 Å². The highest BCUT2D eigenvalue weighted by Gasteiger charge is 2.26. The SMILES string of the molecule is CCCCC[C@@H](c1c(C)c(C)c(C)c(C)c1C)N1CCNCC1.Cl.Cl. The van der Waals surface area contributed by atoms with Crippen LogP contribution in [0.1, 0.15) is 72.0 Å². The fraction of sp³-hybridized carbons (Fsp3) is 0.714. The van der Waals surface area contributed by atoms with E-state index in [4.69, 9.17) is 0 Å². The maximum atomic E-state index is 3.51. The van der Waals surface area contributed by atoms with Crippen LogP contribution in [-0.2, 0) is 0 Å². The third-order valence-electron chi connectivity index (χ3n) is 6.06. The normalized spacial score (nSPS) is 16.1. The molecule has 1 atom stereocenters. The first-order valence-electron chi connectivity index (χ1n) is 9.50. The number of unbranched alkanes of at least 4 members (excludes halogenated alkanes) is 2. The second-order valence-corrected chi connectivity index (χ2v) is 7.34. The molecule has 0 amide bonds. The van der Waals surface area contributed by atoms with Crippen LogP contribution in [0.15, 0.2) is 0 Å². The lowest BCUT2D eigenvalue weighted by Gasteiger charge is -2.38. The minimum atomic E-state index is 0. The van der Waals surface area contributed by atoms with Crippen LogP contribution < -0.4 is 5.32 Å². The summed E-state index contributed by atoms with van der Waals surface area (Å²) in [5, 5.41) is 3.51. The second-order valence-electron chi connectivity index (χ2n) is 7.34. The summed E-state index contributed by atoms with van der Waals surface area (Å²) in [5.74, 6) is 0. The largest absolute Gasteiger partial charge is 0.314 e. The molecule has 1 aromatic rings. The van der Waals surface area contributed by atoms with E-state index in [0.29, 0.717) is 6.04 Å². The highest BCUT2D eigenvalue weighted by atomic mass is 35.5. The van der Waals surface area contributed by atoms with Crippen LogP contribution in [0.25, 0.3) is 0 Å². The minimum absolute atomic E-state index is 0. The van der Waals surface area contributed by atoms with Gasteiger partial charge in [0.15, 0.2) is 0 Å². The number of piperazine rings is 1. The Kier molecular flexibility index (Phi) is 11.3. The van der Waals surface area contributed by atoms with Gasteiger partial charge in [-0.25, -0.2) is 0 Å². The van der Waals surface area contributed by atoms with Crippen LogP contribution in [0.3, 0.4) is 0 Å². The van der Waals surface area contributed by atoms with E-state index in [9.17, 15) is 0 Å². The van der Waals surface area contributed by atoms with Crippen molar-refractivity contribution in [2.24, 2.45) is 0 Å². The van der Waals surface area contributed by atoms with Gasteiger partial charge in [0.05, 0.1) is 0 Å². The Morgan fingerprint density at radius 2 is 1.28 bits per heavy atom. The molecule has 0 unspecified atom stereocenters. The molecule has 0 bridgehead atoms. The quantitative estimate of drug-likeness (QED) is 0.637. The van der Waals surface area contributed by atoms with E-state index in [2.05, 4.69) is 51.8 Å². The van der Waals surface area contributed by atoms with Crippen molar-refractivity contribution in [2.45, 2.75) is 73.3 Å². The first-order valence-corrected chi connectivity index (χ1v) is 9.50. The average Bonchev–Trinajstić information content (AvgIpc) is 2.58. The number of hydrogen-bond donors (Lipinski definition) is 1. The van der Waals surface area contributed by atoms with Crippen molar-refractivity contribution in [1.82, 2.24) is 10.2 Å². The Labute approximate surface area is 168 Å². The minimum Gasteiger partial charge on any atom is -0.314 e. The Bertz CT molecular complexity index is 508. The van der Waals surface area contributed by atoms with Crippen molar-refractivity contribution in [3.63, 3.8) is 0 Å². The van der Waals surface area contributed by atoms with E-state index in [1.54, 1.807) is 5.56 Å². The van der Waals surface area contributed by atoms with Gasteiger partial charge in [-0.3, -0.25) is 4.90 Å². The predicted octanol–water partition coefficient (Wildman–Crippen LogP) is 5.60. The molecular formula is C21H38Cl2N2. The summed E-state index contributed by atoms with van der Waals surface area (Å²) < 4.78 is 0. The zero-order valence-corrected chi connectivity index (χ0v) is 18.6. The van der Waals surface area contributed by atoms with Crippen LogP contribution in [-0.4, -0.2) is 31.1 Å². The number of hydrogen-bond acceptors (Lipinski definition) is 2. The van der Waals surface area contributed by atoms with Gasteiger partial charge < -0.3 is 5.32 Å². The highest BCUT2D eigenvalue weighted by molar-refractivity contribution is 5.85. The van der Waals surface area contributed by atoms with E-state index < -0.39 is 0 Å². The molecule has 1 aliphatic heterocycles. The summed E-state index contributed by atoms with van der Waals surface area (Å²) in [7, 11) is 0. The van der Waals surface area contributed by atoms with E-state index in [1.165, 1.54) is 66.6 Å². The van der Waals surface area contributed by atoms with Gasteiger partial charge in [-0.15, -0.1) is 24.8 Å². The van der Waals surface area contributed by atoms with E-state index >= 15 is 0 Å². The molecule has 146 valence electrons. The molecule has 2 nitrogen and oxygen atoms in total. The van der Waals surface area contributed by atoms with Gasteiger partial charge in [0.1, 0.15) is 0 Å². The molecule has 1 N–H and O–H groups in total. The maximum Gasteiger partial charge on any atom is 0.0354 e. The molecular weight excluding hydrogens is 351 g/mol. The standard InChI is InChI=1S/C21H36N2.2ClH/c1-7-8-9-10-20(23-13-11-22-12-14-23)21-18(5)16(3)15(2)17(4)19(21)6;;/h20,22H,7-14H2,1-6H3;2*1H/t20-;;/m0../s1. The lowest BCUT2D eigenvalue weighted by molar-refractivity contribution is 0.161. The lowest BCUT2D eigenvalue weighted by atomic mass is 9.84. The highest BCUT2D eigenvalue weighted by Crippen LogP contribution is 2.36. The van der Waals surface area contributed by atoms with Crippen molar-refractivity contribution < 1.29 is 0 Å². The smallest absolute Gasteiger partial charge is 0.0354 e. The van der Waals surface area contributed by atoms with Gasteiger partial charge in [0.25, 0.3) is 0 Å². The number of nitrogens with one attached hydrogen (secondary N) is 1.